The fraction of sp³-hybridized carbons (Fsp3) is 0.231. The van der Waals surface area contributed by atoms with Crippen molar-refractivity contribution >= 4 is 21.7 Å². The second kappa shape index (κ2) is 5.27. The first-order chi connectivity index (χ1) is 8.16. The van der Waals surface area contributed by atoms with Gasteiger partial charge in [-0.1, -0.05) is 0 Å². The van der Waals surface area contributed by atoms with Gasteiger partial charge >= 0.3 is 0 Å². The Kier molecular flexibility index (Phi) is 3.74. The Labute approximate surface area is 109 Å². The summed E-state index contributed by atoms with van der Waals surface area (Å²) in [6.45, 7) is 4.80. The number of rotatable bonds is 3. The molecule has 0 aromatic carbocycles. The highest BCUT2D eigenvalue weighted by Crippen LogP contribution is 2.17. The number of anilines is 1. The zero-order valence-electron chi connectivity index (χ0n) is 9.87. The minimum Gasteiger partial charge on any atom is -0.366 e. The molecule has 2 rings (SSSR count). The first-order valence-corrected chi connectivity index (χ1v) is 6.22. The number of hydrogen-bond acceptors (Lipinski definition) is 3. The average molecular weight is 292 g/mol. The van der Waals surface area contributed by atoms with Crippen molar-refractivity contribution < 1.29 is 0 Å². The molecule has 0 aliphatic rings. The van der Waals surface area contributed by atoms with E-state index in [0.717, 1.165) is 22.5 Å². The van der Waals surface area contributed by atoms with Crippen molar-refractivity contribution in [1.29, 1.82) is 0 Å². The molecule has 4 heteroatoms. The first-order valence-electron chi connectivity index (χ1n) is 5.43. The first kappa shape index (κ1) is 12.0. The molecular formula is C13H14BrN3. The zero-order chi connectivity index (χ0) is 12.3. The quantitative estimate of drug-likeness (QED) is 0.941. The Hall–Kier alpha value is -1.42. The van der Waals surface area contributed by atoms with Crippen LogP contribution < -0.4 is 5.32 Å². The number of halogens is 1. The van der Waals surface area contributed by atoms with Gasteiger partial charge in [0.2, 0.25) is 0 Å². The number of aromatic nitrogens is 2. The third-order valence-corrected chi connectivity index (χ3v) is 3.47. The largest absolute Gasteiger partial charge is 0.366 e. The molecule has 2 heterocycles. The smallest absolute Gasteiger partial charge is 0.126 e. The van der Waals surface area contributed by atoms with Crippen LogP contribution in [0, 0.1) is 13.8 Å². The third kappa shape index (κ3) is 3.03. The van der Waals surface area contributed by atoms with Crippen LogP contribution >= 0.6 is 15.9 Å². The summed E-state index contributed by atoms with van der Waals surface area (Å²) in [7, 11) is 0. The van der Waals surface area contributed by atoms with Gasteiger partial charge in [0.05, 0.1) is 5.69 Å². The minimum atomic E-state index is 0.744. The van der Waals surface area contributed by atoms with E-state index in [9.17, 15) is 0 Å². The van der Waals surface area contributed by atoms with Crippen LogP contribution in [0.2, 0.25) is 0 Å². The number of nitrogens with zero attached hydrogens (tertiary/aromatic N) is 2. The van der Waals surface area contributed by atoms with Crippen molar-refractivity contribution in [3.63, 3.8) is 0 Å². The lowest BCUT2D eigenvalue weighted by Crippen LogP contribution is -2.03. The molecule has 0 saturated carbocycles. The number of hydrogen-bond donors (Lipinski definition) is 1. The highest BCUT2D eigenvalue weighted by molar-refractivity contribution is 9.10. The van der Waals surface area contributed by atoms with E-state index in [2.05, 4.69) is 38.1 Å². The Balaban J connectivity index is 2.08. The van der Waals surface area contributed by atoms with Gasteiger partial charge in [-0.05, 0) is 59.1 Å². The SMILES string of the molecule is Cc1ccncc1CNc1ccc(Br)c(C)n1. The van der Waals surface area contributed by atoms with Gasteiger partial charge in [-0.25, -0.2) is 4.98 Å². The maximum absolute atomic E-state index is 4.44. The second-order valence-corrected chi connectivity index (χ2v) is 4.77. The molecule has 88 valence electrons. The van der Waals surface area contributed by atoms with Crippen molar-refractivity contribution in [3.05, 3.63) is 51.9 Å². The monoisotopic (exact) mass is 291 g/mol. The molecule has 0 saturated heterocycles. The lowest BCUT2D eigenvalue weighted by Gasteiger charge is -2.08. The molecule has 0 spiro atoms. The maximum atomic E-state index is 4.44. The predicted octanol–water partition coefficient (Wildman–Crippen LogP) is 3.47. The molecule has 1 N–H and O–H groups in total. The zero-order valence-corrected chi connectivity index (χ0v) is 11.5. The molecule has 17 heavy (non-hydrogen) atoms. The molecule has 0 radical (unpaired) electrons. The van der Waals surface area contributed by atoms with E-state index in [1.54, 1.807) is 6.20 Å². The summed E-state index contributed by atoms with van der Waals surface area (Å²) < 4.78 is 1.03. The van der Waals surface area contributed by atoms with Crippen molar-refractivity contribution in [2.45, 2.75) is 20.4 Å². The molecule has 0 fully saturated rings. The normalized spacial score (nSPS) is 10.3. The molecule has 0 amide bonds. The van der Waals surface area contributed by atoms with Gasteiger partial charge in [0.1, 0.15) is 5.82 Å². The average Bonchev–Trinajstić information content (AvgIpc) is 2.32. The summed E-state index contributed by atoms with van der Waals surface area (Å²) in [5.41, 5.74) is 3.41. The molecule has 0 aliphatic heterocycles. The summed E-state index contributed by atoms with van der Waals surface area (Å²) in [6, 6.07) is 5.97. The molecule has 2 aromatic rings. The van der Waals surface area contributed by atoms with Crippen LogP contribution in [0.5, 0.6) is 0 Å². The fourth-order valence-corrected chi connectivity index (χ4v) is 1.73. The van der Waals surface area contributed by atoms with Crippen LogP contribution in [-0.4, -0.2) is 9.97 Å². The number of nitrogens with one attached hydrogen (secondary N) is 1. The van der Waals surface area contributed by atoms with Gasteiger partial charge in [0.15, 0.2) is 0 Å². The van der Waals surface area contributed by atoms with Crippen LogP contribution in [0.25, 0.3) is 0 Å². The second-order valence-electron chi connectivity index (χ2n) is 3.92. The van der Waals surface area contributed by atoms with Gasteiger partial charge in [0, 0.05) is 23.4 Å². The van der Waals surface area contributed by atoms with Crippen molar-refractivity contribution in [1.82, 2.24) is 9.97 Å². The predicted molar refractivity (Wildman–Crippen MR) is 73.0 cm³/mol. The summed E-state index contributed by atoms with van der Waals surface area (Å²) in [6.07, 6.45) is 3.69. The van der Waals surface area contributed by atoms with Gasteiger partial charge in [-0.3, -0.25) is 4.98 Å². The lowest BCUT2D eigenvalue weighted by atomic mass is 10.1. The Bertz CT molecular complexity index is 526. The molecule has 0 atom stereocenters. The van der Waals surface area contributed by atoms with E-state index >= 15 is 0 Å². The van der Waals surface area contributed by atoms with Crippen molar-refractivity contribution in [3.8, 4) is 0 Å². The standard InChI is InChI=1S/C13H14BrN3/c1-9-5-6-15-7-11(9)8-16-13-4-3-12(14)10(2)17-13/h3-7H,8H2,1-2H3,(H,16,17). The highest BCUT2D eigenvalue weighted by Gasteiger charge is 2.00. The minimum absolute atomic E-state index is 0.744. The van der Waals surface area contributed by atoms with Gasteiger partial charge in [0.25, 0.3) is 0 Å². The Morgan fingerprint density at radius 2 is 2.06 bits per heavy atom. The molecule has 0 aliphatic carbocycles. The molecule has 3 nitrogen and oxygen atoms in total. The van der Waals surface area contributed by atoms with Crippen molar-refractivity contribution in [2.24, 2.45) is 0 Å². The van der Waals surface area contributed by atoms with E-state index in [4.69, 9.17) is 0 Å². The summed E-state index contributed by atoms with van der Waals surface area (Å²) >= 11 is 3.44. The van der Waals surface area contributed by atoms with E-state index < -0.39 is 0 Å². The van der Waals surface area contributed by atoms with E-state index in [-0.39, 0.29) is 0 Å². The molecule has 2 aromatic heterocycles. The van der Waals surface area contributed by atoms with E-state index in [1.165, 1.54) is 11.1 Å². The van der Waals surface area contributed by atoms with Crippen LogP contribution in [0.1, 0.15) is 16.8 Å². The van der Waals surface area contributed by atoms with Crippen LogP contribution in [-0.2, 0) is 6.54 Å². The Morgan fingerprint density at radius 3 is 2.76 bits per heavy atom. The van der Waals surface area contributed by atoms with Crippen LogP contribution in [0.4, 0.5) is 5.82 Å². The number of pyridine rings is 2. The van der Waals surface area contributed by atoms with Crippen LogP contribution in [0.3, 0.4) is 0 Å². The van der Waals surface area contributed by atoms with Gasteiger partial charge in [-0.2, -0.15) is 0 Å². The van der Waals surface area contributed by atoms with E-state index in [1.807, 2.05) is 31.3 Å². The lowest BCUT2D eigenvalue weighted by molar-refractivity contribution is 1.05. The van der Waals surface area contributed by atoms with E-state index in [0.29, 0.717) is 0 Å². The molecular weight excluding hydrogens is 278 g/mol. The summed E-state index contributed by atoms with van der Waals surface area (Å²) in [4.78, 5) is 8.56. The summed E-state index contributed by atoms with van der Waals surface area (Å²) in [5, 5.41) is 3.30. The molecule has 0 bridgehead atoms. The fourth-order valence-electron chi connectivity index (χ4n) is 1.51. The van der Waals surface area contributed by atoms with Gasteiger partial charge in [-0.15, -0.1) is 0 Å². The number of aryl methyl sites for hydroxylation is 2. The summed E-state index contributed by atoms with van der Waals surface area (Å²) in [5.74, 6) is 0.883. The third-order valence-electron chi connectivity index (χ3n) is 2.63. The Morgan fingerprint density at radius 1 is 1.24 bits per heavy atom. The topological polar surface area (TPSA) is 37.8 Å². The van der Waals surface area contributed by atoms with Crippen LogP contribution in [0.15, 0.2) is 35.1 Å². The maximum Gasteiger partial charge on any atom is 0.126 e. The molecule has 0 unspecified atom stereocenters. The van der Waals surface area contributed by atoms with Gasteiger partial charge < -0.3 is 5.32 Å². The highest BCUT2D eigenvalue weighted by atomic mass is 79.9. The van der Waals surface area contributed by atoms with Crippen molar-refractivity contribution in [2.75, 3.05) is 5.32 Å².